The van der Waals surface area contributed by atoms with E-state index in [1.165, 1.54) is 23.5 Å². The van der Waals surface area contributed by atoms with Gasteiger partial charge in [0.15, 0.2) is 0 Å². The predicted molar refractivity (Wildman–Crippen MR) is 60.7 cm³/mol. The molecule has 1 saturated carbocycles. The van der Waals surface area contributed by atoms with Gasteiger partial charge in [0.25, 0.3) is 0 Å². The monoisotopic (exact) mass is 235 g/mol. The van der Waals surface area contributed by atoms with Crippen LogP contribution in [0, 0.1) is 5.82 Å². The fraction of sp³-hybridized carbons (Fsp3) is 0.273. The van der Waals surface area contributed by atoms with E-state index in [1.54, 1.807) is 0 Å². The fourth-order valence-corrected chi connectivity index (χ4v) is 2.83. The van der Waals surface area contributed by atoms with E-state index >= 15 is 0 Å². The van der Waals surface area contributed by atoms with Crippen molar-refractivity contribution < 1.29 is 4.39 Å². The first-order valence-corrected chi connectivity index (χ1v) is 5.88. The van der Waals surface area contributed by atoms with Crippen LogP contribution in [0.4, 0.5) is 9.52 Å². The van der Waals surface area contributed by atoms with Crippen LogP contribution in [0.2, 0.25) is 0 Å². The predicted octanol–water partition coefficient (Wildman–Crippen LogP) is 2.34. The molecule has 0 radical (unpaired) electrons. The summed E-state index contributed by atoms with van der Waals surface area (Å²) >= 11 is 1.42. The number of nitrogen functional groups attached to an aromatic ring is 1. The SMILES string of the molecule is Nc1nnc(C2(c3ccc(F)cc3)CC2)s1. The van der Waals surface area contributed by atoms with Gasteiger partial charge in [0.05, 0.1) is 0 Å². The zero-order chi connectivity index (χ0) is 11.2. The van der Waals surface area contributed by atoms with Gasteiger partial charge in [-0.05, 0) is 30.5 Å². The van der Waals surface area contributed by atoms with E-state index in [9.17, 15) is 4.39 Å². The third-order valence-electron chi connectivity index (χ3n) is 3.00. The molecule has 3 nitrogen and oxygen atoms in total. The molecule has 0 spiro atoms. The zero-order valence-corrected chi connectivity index (χ0v) is 9.30. The molecule has 1 aromatic heterocycles. The molecule has 0 atom stereocenters. The number of aromatic nitrogens is 2. The summed E-state index contributed by atoms with van der Waals surface area (Å²) in [4.78, 5) is 0. The summed E-state index contributed by atoms with van der Waals surface area (Å²) in [7, 11) is 0. The van der Waals surface area contributed by atoms with Crippen molar-refractivity contribution in [1.82, 2.24) is 10.2 Å². The normalized spacial score (nSPS) is 17.3. The van der Waals surface area contributed by atoms with E-state index in [2.05, 4.69) is 10.2 Å². The number of halogens is 1. The molecule has 0 bridgehead atoms. The molecule has 82 valence electrons. The van der Waals surface area contributed by atoms with Gasteiger partial charge in [-0.25, -0.2) is 4.39 Å². The highest BCUT2D eigenvalue weighted by Crippen LogP contribution is 2.54. The average molecular weight is 235 g/mol. The van der Waals surface area contributed by atoms with E-state index in [1.807, 2.05) is 12.1 Å². The Morgan fingerprint density at radius 3 is 2.38 bits per heavy atom. The van der Waals surface area contributed by atoms with Crippen LogP contribution in [0.15, 0.2) is 24.3 Å². The van der Waals surface area contributed by atoms with Crippen LogP contribution < -0.4 is 5.73 Å². The maximum absolute atomic E-state index is 12.9. The van der Waals surface area contributed by atoms with Crippen LogP contribution in [-0.4, -0.2) is 10.2 Å². The standard InChI is InChI=1S/C11H10FN3S/c12-8-3-1-7(2-4-8)11(5-6-11)9-14-15-10(13)16-9/h1-4H,5-6H2,(H2,13,15). The van der Waals surface area contributed by atoms with Gasteiger partial charge in [-0.15, -0.1) is 10.2 Å². The molecule has 1 heterocycles. The number of rotatable bonds is 2. The molecular formula is C11H10FN3S. The number of anilines is 1. The van der Waals surface area contributed by atoms with Gasteiger partial charge >= 0.3 is 0 Å². The van der Waals surface area contributed by atoms with Crippen LogP contribution in [0.1, 0.15) is 23.4 Å². The van der Waals surface area contributed by atoms with E-state index in [-0.39, 0.29) is 11.2 Å². The number of nitrogens with zero attached hydrogens (tertiary/aromatic N) is 2. The van der Waals surface area contributed by atoms with Crippen molar-refractivity contribution in [2.45, 2.75) is 18.3 Å². The second kappa shape index (κ2) is 3.25. The van der Waals surface area contributed by atoms with Gasteiger partial charge < -0.3 is 5.73 Å². The average Bonchev–Trinajstić information content (AvgIpc) is 2.97. The van der Waals surface area contributed by atoms with Crippen molar-refractivity contribution in [2.75, 3.05) is 5.73 Å². The van der Waals surface area contributed by atoms with Gasteiger partial charge in [-0.1, -0.05) is 23.5 Å². The van der Waals surface area contributed by atoms with Crippen LogP contribution >= 0.6 is 11.3 Å². The Morgan fingerprint density at radius 2 is 1.88 bits per heavy atom. The van der Waals surface area contributed by atoms with E-state index in [0.29, 0.717) is 5.13 Å². The summed E-state index contributed by atoms with van der Waals surface area (Å²) in [5.74, 6) is -0.212. The van der Waals surface area contributed by atoms with Gasteiger partial charge in [0.2, 0.25) is 5.13 Å². The fourth-order valence-electron chi connectivity index (χ4n) is 1.95. The maximum atomic E-state index is 12.9. The second-order valence-electron chi connectivity index (χ2n) is 4.03. The first-order valence-electron chi connectivity index (χ1n) is 5.06. The molecule has 3 rings (SSSR count). The molecule has 16 heavy (non-hydrogen) atoms. The molecule has 0 aliphatic heterocycles. The quantitative estimate of drug-likeness (QED) is 0.869. The van der Waals surface area contributed by atoms with Crippen molar-refractivity contribution in [3.63, 3.8) is 0 Å². The Bertz CT molecular complexity index is 516. The molecule has 2 N–H and O–H groups in total. The molecule has 1 aromatic carbocycles. The van der Waals surface area contributed by atoms with Crippen molar-refractivity contribution in [3.8, 4) is 0 Å². The van der Waals surface area contributed by atoms with Crippen LogP contribution in [-0.2, 0) is 5.41 Å². The highest BCUT2D eigenvalue weighted by atomic mass is 32.1. The third kappa shape index (κ3) is 1.39. The van der Waals surface area contributed by atoms with Gasteiger partial charge in [0, 0.05) is 5.41 Å². The van der Waals surface area contributed by atoms with Crippen LogP contribution in [0.3, 0.4) is 0 Å². The highest BCUT2D eigenvalue weighted by Gasteiger charge is 2.48. The molecule has 2 aromatic rings. The van der Waals surface area contributed by atoms with E-state index < -0.39 is 0 Å². The molecule has 0 unspecified atom stereocenters. The summed E-state index contributed by atoms with van der Waals surface area (Å²) in [5, 5.41) is 9.37. The maximum Gasteiger partial charge on any atom is 0.203 e. The lowest BCUT2D eigenvalue weighted by Crippen LogP contribution is -2.08. The Balaban J connectivity index is 2.03. The molecule has 5 heteroatoms. The first kappa shape index (κ1) is 9.72. The van der Waals surface area contributed by atoms with Crippen LogP contribution in [0.25, 0.3) is 0 Å². The molecule has 0 amide bonds. The summed E-state index contributed by atoms with van der Waals surface area (Å²) < 4.78 is 12.9. The Kier molecular flexibility index (Phi) is 1.97. The number of hydrogen-bond donors (Lipinski definition) is 1. The smallest absolute Gasteiger partial charge is 0.203 e. The number of benzene rings is 1. The van der Waals surface area contributed by atoms with Crippen molar-refractivity contribution in [1.29, 1.82) is 0 Å². The Hall–Kier alpha value is -1.49. The molecule has 0 saturated heterocycles. The van der Waals surface area contributed by atoms with E-state index in [0.717, 1.165) is 23.4 Å². The molecule has 1 fully saturated rings. The largest absolute Gasteiger partial charge is 0.374 e. The van der Waals surface area contributed by atoms with Gasteiger partial charge in [0.1, 0.15) is 10.8 Å². The van der Waals surface area contributed by atoms with Crippen molar-refractivity contribution in [3.05, 3.63) is 40.7 Å². The molecule has 1 aliphatic carbocycles. The minimum Gasteiger partial charge on any atom is -0.374 e. The molecular weight excluding hydrogens is 225 g/mol. The highest BCUT2D eigenvalue weighted by molar-refractivity contribution is 7.15. The summed E-state index contributed by atoms with van der Waals surface area (Å²) in [5.41, 5.74) is 6.64. The van der Waals surface area contributed by atoms with Crippen LogP contribution in [0.5, 0.6) is 0 Å². The minimum absolute atomic E-state index is 0.0526. The van der Waals surface area contributed by atoms with E-state index in [4.69, 9.17) is 5.73 Å². The minimum atomic E-state index is -0.212. The lowest BCUT2D eigenvalue weighted by atomic mass is 9.97. The summed E-state index contributed by atoms with van der Waals surface area (Å²) in [6.07, 6.45) is 2.07. The number of nitrogens with two attached hydrogens (primary N) is 1. The second-order valence-corrected chi connectivity index (χ2v) is 5.04. The van der Waals surface area contributed by atoms with Crippen molar-refractivity contribution >= 4 is 16.5 Å². The van der Waals surface area contributed by atoms with Gasteiger partial charge in [-0.3, -0.25) is 0 Å². The Labute approximate surface area is 96.1 Å². The third-order valence-corrected chi connectivity index (χ3v) is 3.95. The summed E-state index contributed by atoms with van der Waals surface area (Å²) in [6, 6.07) is 6.61. The first-order chi connectivity index (χ1) is 7.71. The lowest BCUT2D eigenvalue weighted by Gasteiger charge is -2.11. The topological polar surface area (TPSA) is 51.8 Å². The van der Waals surface area contributed by atoms with Crippen molar-refractivity contribution in [2.24, 2.45) is 0 Å². The molecule has 1 aliphatic rings. The number of hydrogen-bond acceptors (Lipinski definition) is 4. The zero-order valence-electron chi connectivity index (χ0n) is 8.48. The summed E-state index contributed by atoms with van der Waals surface area (Å²) in [6.45, 7) is 0. The Morgan fingerprint density at radius 1 is 1.19 bits per heavy atom. The lowest BCUT2D eigenvalue weighted by molar-refractivity contribution is 0.626. The van der Waals surface area contributed by atoms with Gasteiger partial charge in [-0.2, -0.15) is 0 Å².